The molecule has 1 atom stereocenters. The van der Waals surface area contributed by atoms with Gasteiger partial charge >= 0.3 is 0 Å². The molecule has 0 heterocycles. The molecule has 1 saturated carbocycles. The Labute approximate surface area is 119 Å². The number of hydrogen-bond acceptors (Lipinski definition) is 2. The molecule has 104 valence electrons. The van der Waals surface area contributed by atoms with Crippen LogP contribution in [0, 0.1) is 5.41 Å². The van der Waals surface area contributed by atoms with Gasteiger partial charge in [-0.1, -0.05) is 30.3 Å². The van der Waals surface area contributed by atoms with Gasteiger partial charge in [-0.15, -0.1) is 0 Å². The molecule has 2 heteroatoms. The van der Waals surface area contributed by atoms with Crippen LogP contribution in [0.15, 0.2) is 41.5 Å². The number of benzene rings is 1. The number of hydrogen-bond donors (Lipinski definition) is 0. The Kier molecular flexibility index (Phi) is 3.33. The van der Waals surface area contributed by atoms with E-state index in [0.29, 0.717) is 25.0 Å². The number of ketones is 2. The average Bonchev–Trinajstić information content (AvgIpc) is 2.46. The molecule has 0 amide bonds. The SMILES string of the molecule is CC1=C2CCCC(=O)[C@]2(Cc2ccccc2)CCC1=O. The van der Waals surface area contributed by atoms with Crippen LogP contribution in [0.5, 0.6) is 0 Å². The third-order valence-electron chi connectivity index (χ3n) is 4.94. The van der Waals surface area contributed by atoms with E-state index in [4.69, 9.17) is 0 Å². The molecule has 3 rings (SSSR count). The van der Waals surface area contributed by atoms with E-state index in [1.54, 1.807) is 0 Å². The zero-order valence-corrected chi connectivity index (χ0v) is 11.9. The Bertz CT molecular complexity index is 583. The third-order valence-corrected chi connectivity index (χ3v) is 4.94. The summed E-state index contributed by atoms with van der Waals surface area (Å²) in [7, 11) is 0. The maximum absolute atomic E-state index is 12.7. The summed E-state index contributed by atoms with van der Waals surface area (Å²) in [6.07, 6.45) is 4.45. The normalized spacial score (nSPS) is 26.6. The van der Waals surface area contributed by atoms with E-state index in [2.05, 4.69) is 12.1 Å². The first-order valence-electron chi connectivity index (χ1n) is 7.44. The smallest absolute Gasteiger partial charge is 0.158 e. The molecule has 0 saturated heterocycles. The monoisotopic (exact) mass is 268 g/mol. The zero-order valence-electron chi connectivity index (χ0n) is 11.9. The molecule has 0 spiro atoms. The van der Waals surface area contributed by atoms with Gasteiger partial charge in [0.2, 0.25) is 0 Å². The van der Waals surface area contributed by atoms with Crippen LogP contribution in [0.25, 0.3) is 0 Å². The second-order valence-electron chi connectivity index (χ2n) is 6.05. The summed E-state index contributed by atoms with van der Waals surface area (Å²) in [5.74, 6) is 0.577. The molecule has 0 N–H and O–H groups in total. The van der Waals surface area contributed by atoms with Crippen LogP contribution < -0.4 is 0 Å². The van der Waals surface area contributed by atoms with Crippen LogP contribution in [0.1, 0.15) is 44.6 Å². The highest BCUT2D eigenvalue weighted by Gasteiger charge is 2.47. The van der Waals surface area contributed by atoms with E-state index in [1.165, 1.54) is 5.56 Å². The second kappa shape index (κ2) is 5.01. The van der Waals surface area contributed by atoms with Gasteiger partial charge in [-0.2, -0.15) is 0 Å². The van der Waals surface area contributed by atoms with Crippen LogP contribution >= 0.6 is 0 Å². The Balaban J connectivity index is 2.06. The highest BCUT2D eigenvalue weighted by molar-refractivity contribution is 6.01. The fourth-order valence-corrected chi connectivity index (χ4v) is 3.83. The average molecular weight is 268 g/mol. The van der Waals surface area contributed by atoms with Crippen LogP contribution in [0.3, 0.4) is 0 Å². The van der Waals surface area contributed by atoms with Crippen molar-refractivity contribution in [1.82, 2.24) is 0 Å². The predicted octanol–water partition coefficient (Wildman–Crippen LogP) is 3.65. The summed E-state index contributed by atoms with van der Waals surface area (Å²) in [4.78, 5) is 24.6. The zero-order chi connectivity index (χ0) is 14.2. The fourth-order valence-electron chi connectivity index (χ4n) is 3.83. The van der Waals surface area contributed by atoms with Crippen LogP contribution in [-0.2, 0) is 16.0 Å². The van der Waals surface area contributed by atoms with Crippen molar-refractivity contribution in [1.29, 1.82) is 0 Å². The van der Waals surface area contributed by atoms with Gasteiger partial charge in [0, 0.05) is 12.8 Å². The third kappa shape index (κ3) is 2.04. The molecular weight excluding hydrogens is 248 g/mol. The molecule has 2 aliphatic carbocycles. The first-order valence-corrected chi connectivity index (χ1v) is 7.44. The summed E-state index contributed by atoms with van der Waals surface area (Å²) < 4.78 is 0. The molecule has 1 aromatic carbocycles. The summed E-state index contributed by atoms with van der Waals surface area (Å²) >= 11 is 0. The second-order valence-corrected chi connectivity index (χ2v) is 6.05. The minimum absolute atomic E-state index is 0.235. The lowest BCUT2D eigenvalue weighted by molar-refractivity contribution is -0.130. The van der Waals surface area contributed by atoms with Crippen molar-refractivity contribution in [3.63, 3.8) is 0 Å². The lowest BCUT2D eigenvalue weighted by Gasteiger charge is -2.42. The molecule has 0 unspecified atom stereocenters. The van der Waals surface area contributed by atoms with E-state index in [1.807, 2.05) is 25.1 Å². The van der Waals surface area contributed by atoms with E-state index in [9.17, 15) is 9.59 Å². The van der Waals surface area contributed by atoms with Crippen molar-refractivity contribution in [2.75, 3.05) is 0 Å². The quantitative estimate of drug-likeness (QED) is 0.820. The summed E-state index contributed by atoms with van der Waals surface area (Å²) in [5, 5.41) is 0. The summed E-state index contributed by atoms with van der Waals surface area (Å²) in [5.41, 5.74) is 2.80. The first kappa shape index (κ1) is 13.3. The van der Waals surface area contributed by atoms with Gasteiger partial charge in [-0.05, 0) is 49.3 Å². The molecule has 20 heavy (non-hydrogen) atoms. The molecule has 0 aromatic heterocycles. The highest BCUT2D eigenvalue weighted by atomic mass is 16.1. The van der Waals surface area contributed by atoms with Gasteiger partial charge in [0.25, 0.3) is 0 Å². The predicted molar refractivity (Wildman–Crippen MR) is 78.4 cm³/mol. The highest BCUT2D eigenvalue weighted by Crippen LogP contribution is 2.48. The minimum atomic E-state index is -0.391. The van der Waals surface area contributed by atoms with Gasteiger partial charge < -0.3 is 0 Å². The lowest BCUT2D eigenvalue weighted by atomic mass is 9.59. The van der Waals surface area contributed by atoms with Gasteiger partial charge in [0.15, 0.2) is 5.78 Å². The molecule has 0 bridgehead atoms. The Morgan fingerprint density at radius 3 is 2.55 bits per heavy atom. The van der Waals surface area contributed by atoms with E-state index < -0.39 is 5.41 Å². The van der Waals surface area contributed by atoms with E-state index in [-0.39, 0.29) is 5.78 Å². The lowest BCUT2D eigenvalue weighted by Crippen LogP contribution is -2.42. The Hall–Kier alpha value is -1.70. The van der Waals surface area contributed by atoms with Crippen LogP contribution in [0.4, 0.5) is 0 Å². The largest absolute Gasteiger partial charge is 0.299 e. The van der Waals surface area contributed by atoms with Gasteiger partial charge in [-0.25, -0.2) is 0 Å². The molecule has 2 nitrogen and oxygen atoms in total. The molecule has 1 fully saturated rings. The van der Waals surface area contributed by atoms with Crippen molar-refractivity contribution < 1.29 is 9.59 Å². The van der Waals surface area contributed by atoms with Crippen molar-refractivity contribution in [2.45, 2.75) is 45.4 Å². The van der Waals surface area contributed by atoms with Crippen molar-refractivity contribution >= 4 is 11.6 Å². The Morgan fingerprint density at radius 1 is 1.05 bits per heavy atom. The van der Waals surface area contributed by atoms with Crippen molar-refractivity contribution in [2.24, 2.45) is 5.41 Å². The summed E-state index contributed by atoms with van der Waals surface area (Å²) in [6.45, 7) is 1.91. The minimum Gasteiger partial charge on any atom is -0.299 e. The topological polar surface area (TPSA) is 34.1 Å². The van der Waals surface area contributed by atoms with Crippen LogP contribution in [-0.4, -0.2) is 11.6 Å². The van der Waals surface area contributed by atoms with E-state index >= 15 is 0 Å². The maximum Gasteiger partial charge on any atom is 0.158 e. The Morgan fingerprint density at radius 2 is 1.80 bits per heavy atom. The number of carbonyl (C=O) groups excluding carboxylic acids is 2. The number of allylic oxidation sites excluding steroid dienone is 2. The van der Waals surface area contributed by atoms with Gasteiger partial charge in [-0.3, -0.25) is 9.59 Å². The number of rotatable bonds is 2. The molecular formula is C18H20O2. The molecule has 1 aromatic rings. The maximum atomic E-state index is 12.7. The standard InChI is InChI=1S/C18H20O2/c1-13-15-8-5-9-17(20)18(15,11-10-16(13)19)12-14-6-3-2-4-7-14/h2-4,6-7H,5,8-12H2,1H3/t18-/m0/s1. The fraction of sp³-hybridized carbons (Fsp3) is 0.444. The number of Topliss-reactive ketones (excluding diaryl/α,β-unsaturated/α-hetero) is 2. The molecule has 0 radical (unpaired) electrons. The summed E-state index contributed by atoms with van der Waals surface area (Å²) in [6, 6.07) is 10.2. The van der Waals surface area contributed by atoms with Crippen molar-refractivity contribution in [3.8, 4) is 0 Å². The van der Waals surface area contributed by atoms with Gasteiger partial charge in [0.1, 0.15) is 5.78 Å². The molecule has 2 aliphatic rings. The van der Waals surface area contributed by atoms with E-state index in [0.717, 1.165) is 30.4 Å². The number of carbonyl (C=O) groups is 2. The molecule has 0 aliphatic heterocycles. The first-order chi connectivity index (χ1) is 9.63. The van der Waals surface area contributed by atoms with Crippen molar-refractivity contribution in [3.05, 3.63) is 47.0 Å². The number of fused-ring (bicyclic) bond motifs is 1. The van der Waals surface area contributed by atoms with Crippen LogP contribution in [0.2, 0.25) is 0 Å². The van der Waals surface area contributed by atoms with Gasteiger partial charge in [0.05, 0.1) is 5.41 Å².